The highest BCUT2D eigenvalue weighted by molar-refractivity contribution is 7.19. The highest BCUT2D eigenvalue weighted by Gasteiger charge is 2.15. The summed E-state index contributed by atoms with van der Waals surface area (Å²) in [4.78, 5) is 0. The second kappa shape index (κ2) is 7.94. The van der Waals surface area contributed by atoms with E-state index in [9.17, 15) is 0 Å². The van der Waals surface area contributed by atoms with Crippen molar-refractivity contribution in [2.75, 3.05) is 0 Å². The molecule has 0 aliphatic heterocycles. The van der Waals surface area contributed by atoms with Gasteiger partial charge in [0.05, 0.1) is 0 Å². The van der Waals surface area contributed by atoms with Crippen molar-refractivity contribution in [2.45, 2.75) is 57.7 Å². The largest absolute Gasteiger partial charge is 0.168 e. The summed E-state index contributed by atoms with van der Waals surface area (Å²) in [6.07, 6.45) is 7.97. The van der Waals surface area contributed by atoms with E-state index in [0.717, 1.165) is 0 Å². The molecule has 1 aromatic rings. The topological polar surface area (TPSA) is 0 Å². The van der Waals surface area contributed by atoms with Gasteiger partial charge in [-0.05, 0) is 24.4 Å². The van der Waals surface area contributed by atoms with Crippen LogP contribution in [0.1, 0.15) is 37.7 Å². The van der Waals surface area contributed by atoms with Gasteiger partial charge >= 0.3 is 0 Å². The SMILES string of the molecule is C[Si](C)(Cl)CCCCCCCc1ccccc1. The highest BCUT2D eigenvalue weighted by atomic mass is 35.6. The summed E-state index contributed by atoms with van der Waals surface area (Å²) in [5.41, 5.74) is 1.47. The molecule has 0 unspecified atom stereocenters. The Balaban J connectivity index is 1.95. The molecule has 0 amide bonds. The lowest BCUT2D eigenvalue weighted by atomic mass is 10.1. The number of unbranched alkanes of at least 4 members (excludes halogenated alkanes) is 4. The van der Waals surface area contributed by atoms with E-state index in [1.54, 1.807) is 0 Å². The first-order chi connectivity index (χ1) is 8.08. The molecule has 0 atom stereocenters. The fourth-order valence-electron chi connectivity index (χ4n) is 2.05. The van der Waals surface area contributed by atoms with Crippen LogP contribution in [0.3, 0.4) is 0 Å². The lowest BCUT2D eigenvalue weighted by Gasteiger charge is -2.11. The van der Waals surface area contributed by atoms with Crippen LogP contribution in [0.15, 0.2) is 30.3 Å². The maximum Gasteiger partial charge on any atom is 0.150 e. The minimum atomic E-state index is -1.31. The number of hydrogen-bond donors (Lipinski definition) is 0. The van der Waals surface area contributed by atoms with Gasteiger partial charge in [-0.3, -0.25) is 0 Å². The Kier molecular flexibility index (Phi) is 6.91. The van der Waals surface area contributed by atoms with Crippen molar-refractivity contribution < 1.29 is 0 Å². The van der Waals surface area contributed by atoms with Crippen LogP contribution in [0.25, 0.3) is 0 Å². The van der Waals surface area contributed by atoms with Crippen molar-refractivity contribution in [3.05, 3.63) is 35.9 Å². The molecule has 0 aliphatic carbocycles. The zero-order valence-electron chi connectivity index (χ0n) is 11.2. The molecule has 0 N–H and O–H groups in total. The Morgan fingerprint density at radius 2 is 1.47 bits per heavy atom. The van der Waals surface area contributed by atoms with Crippen molar-refractivity contribution in [3.8, 4) is 0 Å². The van der Waals surface area contributed by atoms with Crippen molar-refractivity contribution in [1.29, 1.82) is 0 Å². The second-order valence-electron chi connectivity index (χ2n) is 5.47. The molecule has 0 saturated carbocycles. The van der Waals surface area contributed by atoms with Crippen LogP contribution in [0.2, 0.25) is 19.1 Å². The molecule has 1 aromatic carbocycles. The van der Waals surface area contributed by atoms with Gasteiger partial charge in [0.2, 0.25) is 0 Å². The minimum absolute atomic E-state index is 1.23. The third kappa shape index (κ3) is 8.45. The first kappa shape index (κ1) is 14.8. The molecule has 0 nitrogen and oxygen atoms in total. The monoisotopic (exact) mass is 268 g/mol. The summed E-state index contributed by atoms with van der Waals surface area (Å²) < 4.78 is 0. The molecule has 0 heterocycles. The predicted octanol–water partition coefficient (Wildman–Crippen LogP) is 5.62. The van der Waals surface area contributed by atoms with Gasteiger partial charge in [-0.2, -0.15) is 11.1 Å². The summed E-state index contributed by atoms with van der Waals surface area (Å²) in [5.74, 6) is 0. The van der Waals surface area contributed by atoms with Gasteiger partial charge in [0.25, 0.3) is 0 Å². The van der Waals surface area contributed by atoms with Gasteiger partial charge < -0.3 is 0 Å². The van der Waals surface area contributed by atoms with Gasteiger partial charge in [-0.25, -0.2) is 0 Å². The van der Waals surface area contributed by atoms with Crippen LogP contribution in [-0.2, 0) is 6.42 Å². The molecule has 0 bridgehead atoms. The first-order valence-electron chi connectivity index (χ1n) is 6.81. The molecular formula is C15H25ClSi. The molecule has 0 radical (unpaired) electrons. The van der Waals surface area contributed by atoms with Crippen LogP contribution in [0.4, 0.5) is 0 Å². The predicted molar refractivity (Wildman–Crippen MR) is 81.4 cm³/mol. The third-order valence-electron chi connectivity index (χ3n) is 3.08. The van der Waals surface area contributed by atoms with Crippen LogP contribution < -0.4 is 0 Å². The van der Waals surface area contributed by atoms with Gasteiger partial charge in [0.15, 0.2) is 0 Å². The molecule has 2 heteroatoms. The van der Waals surface area contributed by atoms with Crippen LogP contribution >= 0.6 is 11.1 Å². The van der Waals surface area contributed by atoms with E-state index in [4.69, 9.17) is 11.1 Å². The van der Waals surface area contributed by atoms with Crippen molar-refractivity contribution >= 4 is 18.5 Å². The molecular weight excluding hydrogens is 244 g/mol. The Labute approximate surface area is 112 Å². The lowest BCUT2D eigenvalue weighted by Crippen LogP contribution is -2.14. The molecule has 0 saturated heterocycles. The Hall–Kier alpha value is -0.273. The second-order valence-corrected chi connectivity index (χ2v) is 12.5. The van der Waals surface area contributed by atoms with Crippen molar-refractivity contribution in [3.63, 3.8) is 0 Å². The average molecular weight is 269 g/mol. The maximum absolute atomic E-state index is 6.29. The van der Waals surface area contributed by atoms with E-state index in [1.807, 2.05) is 0 Å². The zero-order chi connectivity index (χ0) is 12.6. The zero-order valence-corrected chi connectivity index (χ0v) is 13.0. The van der Waals surface area contributed by atoms with E-state index in [0.29, 0.717) is 0 Å². The first-order valence-corrected chi connectivity index (χ1v) is 11.0. The molecule has 0 aliphatic rings. The number of rotatable bonds is 8. The normalized spacial score (nSPS) is 11.7. The van der Waals surface area contributed by atoms with E-state index in [-0.39, 0.29) is 0 Å². The van der Waals surface area contributed by atoms with E-state index in [1.165, 1.54) is 50.1 Å². The van der Waals surface area contributed by atoms with Crippen LogP contribution in [0, 0.1) is 0 Å². The van der Waals surface area contributed by atoms with E-state index < -0.39 is 7.38 Å². The van der Waals surface area contributed by atoms with Crippen molar-refractivity contribution in [2.24, 2.45) is 0 Å². The summed E-state index contributed by atoms with van der Waals surface area (Å²) in [6, 6.07) is 12.1. The Morgan fingerprint density at radius 3 is 2.12 bits per heavy atom. The number of benzene rings is 1. The summed E-state index contributed by atoms with van der Waals surface area (Å²) in [7, 11) is -1.31. The summed E-state index contributed by atoms with van der Waals surface area (Å²) >= 11 is 6.29. The fourth-order valence-corrected chi connectivity index (χ4v) is 3.54. The van der Waals surface area contributed by atoms with Crippen LogP contribution in [0.5, 0.6) is 0 Å². The van der Waals surface area contributed by atoms with E-state index >= 15 is 0 Å². The molecule has 0 aromatic heterocycles. The minimum Gasteiger partial charge on any atom is -0.168 e. The lowest BCUT2D eigenvalue weighted by molar-refractivity contribution is 0.630. The number of halogens is 1. The third-order valence-corrected chi connectivity index (χ3v) is 5.19. The fraction of sp³-hybridized carbons (Fsp3) is 0.600. The average Bonchev–Trinajstić information content (AvgIpc) is 2.28. The Bertz CT molecular complexity index is 290. The van der Waals surface area contributed by atoms with Gasteiger partial charge in [-0.15, -0.1) is 0 Å². The molecule has 0 fully saturated rings. The van der Waals surface area contributed by atoms with Gasteiger partial charge in [0.1, 0.15) is 7.38 Å². The van der Waals surface area contributed by atoms with E-state index in [2.05, 4.69) is 43.4 Å². The quantitative estimate of drug-likeness (QED) is 0.326. The summed E-state index contributed by atoms with van der Waals surface area (Å²) in [6.45, 7) is 4.48. The number of aryl methyl sites for hydroxylation is 1. The smallest absolute Gasteiger partial charge is 0.150 e. The molecule has 0 spiro atoms. The van der Waals surface area contributed by atoms with Crippen LogP contribution in [-0.4, -0.2) is 7.38 Å². The van der Waals surface area contributed by atoms with Gasteiger partial charge in [-0.1, -0.05) is 69.1 Å². The standard InChI is InChI=1S/C15H25ClSi/c1-17(2,16)14-10-5-3-4-7-11-15-12-8-6-9-13-15/h6,8-9,12-13H,3-5,7,10-11,14H2,1-2H3. The Morgan fingerprint density at radius 1 is 0.882 bits per heavy atom. The molecule has 17 heavy (non-hydrogen) atoms. The molecule has 1 rings (SSSR count). The maximum atomic E-state index is 6.29. The highest BCUT2D eigenvalue weighted by Crippen LogP contribution is 2.19. The summed E-state index contributed by atoms with van der Waals surface area (Å²) in [5, 5.41) is 0. The number of hydrogen-bond acceptors (Lipinski definition) is 0. The van der Waals surface area contributed by atoms with Gasteiger partial charge in [0, 0.05) is 0 Å². The van der Waals surface area contributed by atoms with Crippen molar-refractivity contribution in [1.82, 2.24) is 0 Å². The molecule has 96 valence electrons.